The van der Waals surface area contributed by atoms with Gasteiger partial charge in [0.05, 0.1) is 6.61 Å². The van der Waals surface area contributed by atoms with E-state index in [1.165, 1.54) is 0 Å². The van der Waals surface area contributed by atoms with Crippen molar-refractivity contribution in [2.24, 2.45) is 0 Å². The van der Waals surface area contributed by atoms with Crippen molar-refractivity contribution >= 4 is 17.5 Å². The van der Waals surface area contributed by atoms with E-state index in [9.17, 15) is 0 Å². The van der Waals surface area contributed by atoms with Crippen molar-refractivity contribution < 1.29 is 5.11 Å². The maximum Gasteiger partial charge on any atom is 0.241 e. The van der Waals surface area contributed by atoms with Crippen LogP contribution >= 0.6 is 11.6 Å². The van der Waals surface area contributed by atoms with E-state index in [2.05, 4.69) is 19.9 Å². The van der Waals surface area contributed by atoms with Gasteiger partial charge in [-0.2, -0.15) is 15.0 Å². The first-order chi connectivity index (χ1) is 9.28. The van der Waals surface area contributed by atoms with Gasteiger partial charge in [-0.25, -0.2) is 4.98 Å². The molecule has 2 aromatic rings. The average molecular weight is 281 g/mol. The van der Waals surface area contributed by atoms with Crippen LogP contribution in [-0.2, 0) is 0 Å². The van der Waals surface area contributed by atoms with Crippen LogP contribution in [0.25, 0.3) is 5.95 Å². The predicted molar refractivity (Wildman–Crippen MR) is 69.4 cm³/mol. The smallest absolute Gasteiger partial charge is 0.241 e. The van der Waals surface area contributed by atoms with Gasteiger partial charge in [-0.1, -0.05) is 0 Å². The third-order valence-corrected chi connectivity index (χ3v) is 3.07. The lowest BCUT2D eigenvalue weighted by atomic mass is 10.5. The predicted octanol–water partition coefficient (Wildman–Crippen LogP) is 0.672. The normalized spacial score (nSPS) is 14.6. The third-order valence-electron chi connectivity index (χ3n) is 2.91. The quantitative estimate of drug-likeness (QED) is 0.867. The largest absolute Gasteiger partial charge is 0.395 e. The summed E-state index contributed by atoms with van der Waals surface area (Å²) in [7, 11) is 0. The van der Waals surface area contributed by atoms with Gasteiger partial charge in [0.1, 0.15) is 6.33 Å². The standard InChI is InChI=1S/C11H13ClN6O/c12-9-14-10(17-4-3-13-7-17)16-11(15-9)18(5-6-19)8-1-2-8/h3-4,7-8,19H,1-2,5-6H2. The molecule has 0 bridgehead atoms. The fraction of sp³-hybridized carbons (Fsp3) is 0.455. The minimum absolute atomic E-state index is 0.0558. The Morgan fingerprint density at radius 2 is 2.21 bits per heavy atom. The van der Waals surface area contributed by atoms with Crippen LogP contribution in [-0.4, -0.2) is 48.8 Å². The number of nitrogens with zero attached hydrogens (tertiary/aromatic N) is 6. The number of hydrogen-bond donors (Lipinski definition) is 1. The average Bonchev–Trinajstić information content (AvgIpc) is 3.08. The van der Waals surface area contributed by atoms with Crippen LogP contribution in [0.5, 0.6) is 0 Å². The van der Waals surface area contributed by atoms with Gasteiger partial charge in [0.2, 0.25) is 17.2 Å². The summed E-state index contributed by atoms with van der Waals surface area (Å²) in [6.07, 6.45) is 7.16. The zero-order valence-electron chi connectivity index (χ0n) is 10.1. The minimum Gasteiger partial charge on any atom is -0.395 e. The van der Waals surface area contributed by atoms with Crippen LogP contribution in [0.3, 0.4) is 0 Å². The molecule has 1 saturated carbocycles. The molecule has 1 N–H and O–H groups in total. The highest BCUT2D eigenvalue weighted by molar-refractivity contribution is 6.28. The van der Waals surface area contributed by atoms with E-state index >= 15 is 0 Å². The van der Waals surface area contributed by atoms with Crippen molar-refractivity contribution in [1.82, 2.24) is 24.5 Å². The lowest BCUT2D eigenvalue weighted by Gasteiger charge is -2.21. The molecule has 2 aromatic heterocycles. The minimum atomic E-state index is 0.0558. The fourth-order valence-corrected chi connectivity index (χ4v) is 2.04. The highest BCUT2D eigenvalue weighted by Gasteiger charge is 2.31. The Bertz CT molecular complexity index is 556. The van der Waals surface area contributed by atoms with Gasteiger partial charge in [0, 0.05) is 25.0 Å². The maximum absolute atomic E-state index is 9.14. The summed E-state index contributed by atoms with van der Waals surface area (Å²) in [4.78, 5) is 18.5. The van der Waals surface area contributed by atoms with Crippen molar-refractivity contribution in [2.45, 2.75) is 18.9 Å². The maximum atomic E-state index is 9.14. The summed E-state index contributed by atoms with van der Waals surface area (Å²) >= 11 is 5.95. The monoisotopic (exact) mass is 280 g/mol. The molecule has 0 atom stereocenters. The SMILES string of the molecule is OCCN(c1nc(Cl)nc(-n2ccnc2)n1)C1CC1. The topological polar surface area (TPSA) is 80.0 Å². The number of rotatable bonds is 5. The molecule has 100 valence electrons. The second-order valence-electron chi connectivity index (χ2n) is 4.32. The molecule has 0 aliphatic heterocycles. The number of aliphatic hydroxyl groups is 1. The molecule has 0 spiro atoms. The molecule has 0 radical (unpaired) electrons. The first-order valence-corrected chi connectivity index (χ1v) is 6.43. The van der Waals surface area contributed by atoms with Crippen LogP contribution in [0.1, 0.15) is 12.8 Å². The molecular formula is C11H13ClN6O. The first kappa shape index (κ1) is 12.3. The van der Waals surface area contributed by atoms with Crippen LogP contribution in [0.2, 0.25) is 5.28 Å². The molecule has 1 fully saturated rings. The van der Waals surface area contributed by atoms with Gasteiger partial charge in [-0.3, -0.25) is 4.57 Å². The Hall–Kier alpha value is -1.73. The van der Waals surface area contributed by atoms with E-state index in [-0.39, 0.29) is 11.9 Å². The number of hydrogen-bond acceptors (Lipinski definition) is 6. The highest BCUT2D eigenvalue weighted by atomic mass is 35.5. The van der Waals surface area contributed by atoms with E-state index in [0.717, 1.165) is 12.8 Å². The molecular weight excluding hydrogens is 268 g/mol. The lowest BCUT2D eigenvalue weighted by Crippen LogP contribution is -2.31. The van der Waals surface area contributed by atoms with E-state index in [0.29, 0.717) is 24.5 Å². The van der Waals surface area contributed by atoms with E-state index in [4.69, 9.17) is 16.7 Å². The molecule has 1 aliphatic carbocycles. The summed E-state index contributed by atoms with van der Waals surface area (Å²) < 4.78 is 1.67. The summed E-state index contributed by atoms with van der Waals surface area (Å²) in [5.41, 5.74) is 0. The zero-order chi connectivity index (χ0) is 13.2. The molecule has 0 saturated heterocycles. The Balaban J connectivity index is 1.96. The van der Waals surface area contributed by atoms with Gasteiger partial charge in [-0.15, -0.1) is 0 Å². The van der Waals surface area contributed by atoms with Gasteiger partial charge in [0.15, 0.2) is 0 Å². The van der Waals surface area contributed by atoms with Crippen molar-refractivity contribution in [3.63, 3.8) is 0 Å². The van der Waals surface area contributed by atoms with E-state index < -0.39 is 0 Å². The molecule has 2 heterocycles. The van der Waals surface area contributed by atoms with E-state index in [1.807, 2.05) is 4.90 Å². The molecule has 19 heavy (non-hydrogen) atoms. The van der Waals surface area contributed by atoms with Gasteiger partial charge >= 0.3 is 0 Å². The summed E-state index contributed by atoms with van der Waals surface area (Å²) in [5.74, 6) is 0.927. The summed E-state index contributed by atoms with van der Waals surface area (Å²) in [6, 6.07) is 0.390. The van der Waals surface area contributed by atoms with Gasteiger partial charge in [0.25, 0.3) is 0 Å². The fourth-order valence-electron chi connectivity index (χ4n) is 1.89. The van der Waals surface area contributed by atoms with Crippen LogP contribution in [0, 0.1) is 0 Å². The molecule has 0 aromatic carbocycles. The van der Waals surface area contributed by atoms with Crippen LogP contribution in [0.4, 0.5) is 5.95 Å². The van der Waals surface area contributed by atoms with E-state index in [1.54, 1.807) is 23.3 Å². The van der Waals surface area contributed by atoms with Crippen molar-refractivity contribution in [2.75, 3.05) is 18.1 Å². The number of imidazole rings is 1. The van der Waals surface area contributed by atoms with Crippen molar-refractivity contribution in [3.8, 4) is 5.95 Å². The van der Waals surface area contributed by atoms with Gasteiger partial charge < -0.3 is 10.0 Å². The lowest BCUT2D eigenvalue weighted by molar-refractivity contribution is 0.300. The zero-order valence-corrected chi connectivity index (χ0v) is 10.9. The summed E-state index contributed by atoms with van der Waals surface area (Å²) in [6.45, 7) is 0.550. The molecule has 8 heteroatoms. The second-order valence-corrected chi connectivity index (χ2v) is 4.66. The molecule has 0 amide bonds. The number of anilines is 1. The third kappa shape index (κ3) is 2.66. The van der Waals surface area contributed by atoms with Crippen molar-refractivity contribution in [1.29, 1.82) is 0 Å². The summed E-state index contributed by atoms with van der Waals surface area (Å²) in [5, 5.41) is 9.27. The van der Waals surface area contributed by atoms with Crippen LogP contribution in [0.15, 0.2) is 18.7 Å². The van der Waals surface area contributed by atoms with Crippen LogP contribution < -0.4 is 4.90 Å². The number of halogens is 1. The Labute approximate surface area is 114 Å². The molecule has 7 nitrogen and oxygen atoms in total. The van der Waals surface area contributed by atoms with Crippen molar-refractivity contribution in [3.05, 3.63) is 24.0 Å². The Kier molecular flexibility index (Phi) is 3.31. The Morgan fingerprint density at radius 1 is 1.37 bits per heavy atom. The molecule has 0 unspecified atom stereocenters. The Morgan fingerprint density at radius 3 is 2.84 bits per heavy atom. The number of aromatic nitrogens is 5. The second kappa shape index (κ2) is 5.10. The first-order valence-electron chi connectivity index (χ1n) is 6.05. The highest BCUT2D eigenvalue weighted by Crippen LogP contribution is 2.29. The van der Waals surface area contributed by atoms with Gasteiger partial charge in [-0.05, 0) is 24.4 Å². The molecule has 1 aliphatic rings. The molecule has 3 rings (SSSR count). The number of aliphatic hydroxyl groups excluding tert-OH is 1.